The summed E-state index contributed by atoms with van der Waals surface area (Å²) in [5, 5.41) is 11.0. The van der Waals surface area contributed by atoms with Gasteiger partial charge >= 0.3 is 5.97 Å². The lowest BCUT2D eigenvalue weighted by molar-refractivity contribution is -0.384. The van der Waals surface area contributed by atoms with Crippen molar-refractivity contribution < 1.29 is 19.2 Å². The van der Waals surface area contributed by atoms with Crippen molar-refractivity contribution in [1.29, 1.82) is 0 Å². The lowest BCUT2D eigenvalue weighted by Gasteiger charge is -2.25. The SMILES string of the molecule is COC(=O)c1ccccc1N(C(=O)c1ccccc1)c1ccc([N+](=O)[O-])cc1. The zero-order valence-electron chi connectivity index (χ0n) is 14.9. The maximum absolute atomic E-state index is 13.3. The number of para-hydroxylation sites is 1. The molecule has 3 rings (SSSR count). The molecule has 0 spiro atoms. The Bertz CT molecular complexity index is 1020. The minimum absolute atomic E-state index is 0.0999. The molecular formula is C21H16N2O5. The van der Waals surface area contributed by atoms with Gasteiger partial charge in [0.2, 0.25) is 0 Å². The van der Waals surface area contributed by atoms with Crippen LogP contribution in [0, 0.1) is 10.1 Å². The highest BCUT2D eigenvalue weighted by atomic mass is 16.6. The van der Waals surface area contributed by atoms with Crippen LogP contribution >= 0.6 is 0 Å². The van der Waals surface area contributed by atoms with Crippen LogP contribution in [0.5, 0.6) is 0 Å². The van der Waals surface area contributed by atoms with E-state index in [0.717, 1.165) is 0 Å². The number of amides is 1. The summed E-state index contributed by atoms with van der Waals surface area (Å²) in [5.74, 6) is -0.978. The minimum atomic E-state index is -0.594. The van der Waals surface area contributed by atoms with E-state index in [1.165, 1.54) is 36.3 Å². The quantitative estimate of drug-likeness (QED) is 0.375. The highest BCUT2D eigenvalue weighted by molar-refractivity contribution is 6.13. The van der Waals surface area contributed by atoms with E-state index in [-0.39, 0.29) is 17.2 Å². The fraction of sp³-hybridized carbons (Fsp3) is 0.0476. The number of benzene rings is 3. The third-order valence-corrected chi connectivity index (χ3v) is 4.09. The fourth-order valence-corrected chi connectivity index (χ4v) is 2.75. The highest BCUT2D eigenvalue weighted by Gasteiger charge is 2.25. The number of non-ortho nitro benzene ring substituents is 1. The zero-order chi connectivity index (χ0) is 20.1. The molecule has 0 aliphatic carbocycles. The van der Waals surface area contributed by atoms with Gasteiger partial charge in [-0.2, -0.15) is 0 Å². The summed E-state index contributed by atoms with van der Waals surface area (Å²) in [5.41, 5.74) is 1.21. The number of ether oxygens (including phenoxy) is 1. The summed E-state index contributed by atoms with van der Waals surface area (Å²) in [6.45, 7) is 0. The van der Waals surface area contributed by atoms with Crippen molar-refractivity contribution in [2.24, 2.45) is 0 Å². The van der Waals surface area contributed by atoms with Gasteiger partial charge in [0, 0.05) is 23.4 Å². The Morgan fingerprint density at radius 3 is 2.11 bits per heavy atom. The van der Waals surface area contributed by atoms with Crippen molar-refractivity contribution in [1.82, 2.24) is 0 Å². The van der Waals surface area contributed by atoms with Crippen molar-refractivity contribution in [3.05, 3.63) is 100 Å². The second-order valence-corrected chi connectivity index (χ2v) is 5.79. The first-order valence-electron chi connectivity index (χ1n) is 8.34. The third-order valence-electron chi connectivity index (χ3n) is 4.09. The van der Waals surface area contributed by atoms with Crippen molar-refractivity contribution in [3.63, 3.8) is 0 Å². The minimum Gasteiger partial charge on any atom is -0.465 e. The summed E-state index contributed by atoms with van der Waals surface area (Å²) >= 11 is 0. The Kier molecular flexibility index (Phi) is 5.45. The lowest BCUT2D eigenvalue weighted by atomic mass is 10.1. The molecule has 140 valence electrons. The van der Waals surface area contributed by atoms with Crippen LogP contribution in [-0.4, -0.2) is 23.9 Å². The number of anilines is 2. The average molecular weight is 376 g/mol. The number of hydrogen-bond acceptors (Lipinski definition) is 5. The predicted molar refractivity (Wildman–Crippen MR) is 104 cm³/mol. The van der Waals surface area contributed by atoms with E-state index in [0.29, 0.717) is 16.9 Å². The number of carbonyl (C=O) groups is 2. The molecule has 0 saturated heterocycles. The monoisotopic (exact) mass is 376 g/mol. The predicted octanol–water partition coefficient (Wildman–Crippen LogP) is 4.36. The molecular weight excluding hydrogens is 360 g/mol. The Morgan fingerprint density at radius 2 is 1.50 bits per heavy atom. The summed E-state index contributed by atoms with van der Waals surface area (Å²) in [4.78, 5) is 37.3. The number of carbonyl (C=O) groups excluding carboxylic acids is 2. The van der Waals surface area contributed by atoms with Crippen LogP contribution in [0.15, 0.2) is 78.9 Å². The molecule has 3 aromatic rings. The van der Waals surface area contributed by atoms with E-state index < -0.39 is 10.9 Å². The Balaban J connectivity index is 2.17. The van der Waals surface area contributed by atoms with Gasteiger partial charge in [0.05, 0.1) is 23.3 Å². The first-order chi connectivity index (χ1) is 13.5. The Labute approximate surface area is 160 Å². The first kappa shape index (κ1) is 18.8. The molecule has 0 unspecified atom stereocenters. The number of methoxy groups -OCH3 is 1. The molecule has 0 saturated carbocycles. The van der Waals surface area contributed by atoms with Gasteiger partial charge in [0.1, 0.15) is 0 Å². The molecule has 0 aromatic heterocycles. The van der Waals surface area contributed by atoms with E-state index in [1.807, 2.05) is 0 Å². The number of nitrogens with zero attached hydrogens (tertiary/aromatic N) is 2. The third kappa shape index (κ3) is 3.73. The molecule has 7 heteroatoms. The van der Waals surface area contributed by atoms with Crippen LogP contribution in [0.3, 0.4) is 0 Å². The van der Waals surface area contributed by atoms with Crippen LogP contribution in [-0.2, 0) is 4.74 Å². The van der Waals surface area contributed by atoms with Crippen LogP contribution in [0.4, 0.5) is 17.1 Å². The zero-order valence-corrected chi connectivity index (χ0v) is 14.9. The fourth-order valence-electron chi connectivity index (χ4n) is 2.75. The summed E-state index contributed by atoms with van der Waals surface area (Å²) in [7, 11) is 1.26. The lowest BCUT2D eigenvalue weighted by Crippen LogP contribution is -2.27. The number of hydrogen-bond donors (Lipinski definition) is 0. The summed E-state index contributed by atoms with van der Waals surface area (Å²) in [6.07, 6.45) is 0. The van der Waals surface area contributed by atoms with E-state index >= 15 is 0 Å². The first-order valence-corrected chi connectivity index (χ1v) is 8.34. The molecule has 0 aliphatic heterocycles. The van der Waals surface area contributed by atoms with Crippen molar-refractivity contribution in [2.45, 2.75) is 0 Å². The normalized spacial score (nSPS) is 10.2. The van der Waals surface area contributed by atoms with E-state index in [9.17, 15) is 19.7 Å². The summed E-state index contributed by atoms with van der Waals surface area (Å²) < 4.78 is 4.83. The van der Waals surface area contributed by atoms with Crippen LogP contribution in [0.2, 0.25) is 0 Å². The Hall–Kier alpha value is -4.00. The van der Waals surface area contributed by atoms with Crippen molar-refractivity contribution in [3.8, 4) is 0 Å². The number of rotatable bonds is 5. The second-order valence-electron chi connectivity index (χ2n) is 5.79. The molecule has 3 aromatic carbocycles. The van der Waals surface area contributed by atoms with Crippen LogP contribution < -0.4 is 4.90 Å². The molecule has 0 atom stereocenters. The molecule has 7 nitrogen and oxygen atoms in total. The van der Waals surface area contributed by atoms with Gasteiger partial charge in [0.15, 0.2) is 0 Å². The molecule has 0 fully saturated rings. The van der Waals surface area contributed by atoms with Gasteiger partial charge in [-0.15, -0.1) is 0 Å². The molecule has 0 aliphatic rings. The smallest absolute Gasteiger partial charge is 0.339 e. The summed E-state index contributed by atoms with van der Waals surface area (Å²) in [6, 6.07) is 20.6. The highest BCUT2D eigenvalue weighted by Crippen LogP contribution is 2.32. The number of nitro groups is 1. The van der Waals surface area contributed by atoms with E-state index in [1.54, 1.807) is 54.6 Å². The van der Waals surface area contributed by atoms with Crippen molar-refractivity contribution in [2.75, 3.05) is 12.0 Å². The molecule has 1 amide bonds. The topological polar surface area (TPSA) is 89.8 Å². The van der Waals surface area contributed by atoms with Crippen LogP contribution in [0.25, 0.3) is 0 Å². The maximum atomic E-state index is 13.3. The van der Waals surface area contributed by atoms with Gasteiger partial charge in [-0.1, -0.05) is 30.3 Å². The number of nitro benzene ring substituents is 1. The number of esters is 1. The molecule has 0 heterocycles. The van der Waals surface area contributed by atoms with Gasteiger partial charge in [-0.25, -0.2) is 4.79 Å². The maximum Gasteiger partial charge on any atom is 0.339 e. The molecule has 0 N–H and O–H groups in total. The molecule has 0 bridgehead atoms. The van der Waals surface area contributed by atoms with E-state index in [4.69, 9.17) is 4.74 Å². The molecule has 28 heavy (non-hydrogen) atoms. The average Bonchev–Trinajstić information content (AvgIpc) is 2.74. The Morgan fingerprint density at radius 1 is 0.893 bits per heavy atom. The van der Waals surface area contributed by atoms with Gasteiger partial charge in [-0.05, 0) is 36.4 Å². The van der Waals surface area contributed by atoms with Crippen LogP contribution in [0.1, 0.15) is 20.7 Å². The standard InChI is InChI=1S/C21H16N2O5/c1-28-21(25)18-9-5-6-10-19(18)22(20(24)15-7-3-2-4-8-15)16-11-13-17(14-12-16)23(26)27/h2-14H,1H3. The molecule has 0 radical (unpaired) electrons. The van der Waals surface area contributed by atoms with Gasteiger partial charge in [-0.3, -0.25) is 19.8 Å². The van der Waals surface area contributed by atoms with Crippen molar-refractivity contribution >= 4 is 28.9 Å². The van der Waals surface area contributed by atoms with Gasteiger partial charge in [0.25, 0.3) is 11.6 Å². The second kappa shape index (κ2) is 8.13. The van der Waals surface area contributed by atoms with E-state index in [2.05, 4.69) is 0 Å². The largest absolute Gasteiger partial charge is 0.465 e. The van der Waals surface area contributed by atoms with Gasteiger partial charge < -0.3 is 4.74 Å².